The highest BCUT2D eigenvalue weighted by molar-refractivity contribution is 5.90. The van der Waals surface area contributed by atoms with Crippen LogP contribution in [-0.2, 0) is 16.1 Å². The normalized spacial score (nSPS) is 18.5. The van der Waals surface area contributed by atoms with Gasteiger partial charge in [0.25, 0.3) is 0 Å². The Balaban J connectivity index is 1.56. The number of carbonyl (C=O) groups excluding carboxylic acids is 2. The first-order valence-corrected chi connectivity index (χ1v) is 7.50. The van der Waals surface area contributed by atoms with E-state index in [-0.39, 0.29) is 12.0 Å². The molecule has 4 rings (SSSR count). The summed E-state index contributed by atoms with van der Waals surface area (Å²) in [6.07, 6.45) is 0.818. The summed E-state index contributed by atoms with van der Waals surface area (Å²) in [6.45, 7) is 2.42. The van der Waals surface area contributed by atoms with E-state index in [9.17, 15) is 9.59 Å². The molecule has 1 atom stereocenters. The van der Waals surface area contributed by atoms with E-state index in [1.165, 1.54) is 11.8 Å². The summed E-state index contributed by atoms with van der Waals surface area (Å²) in [6, 6.07) is 5.46. The molecule has 1 aromatic carbocycles. The van der Waals surface area contributed by atoms with Gasteiger partial charge in [0.15, 0.2) is 5.82 Å². The van der Waals surface area contributed by atoms with Gasteiger partial charge in [-0.25, -0.2) is 4.79 Å². The number of ether oxygens (including phenoxy) is 2. The Hall–Kier alpha value is -3.10. The molecule has 1 N–H and O–H groups in total. The maximum atomic E-state index is 12.1. The van der Waals surface area contributed by atoms with E-state index < -0.39 is 6.09 Å². The van der Waals surface area contributed by atoms with Gasteiger partial charge in [-0.05, 0) is 12.1 Å². The van der Waals surface area contributed by atoms with Gasteiger partial charge >= 0.3 is 6.09 Å². The average molecular weight is 329 g/mol. The Bertz CT molecular complexity index is 818. The molecule has 0 spiro atoms. The van der Waals surface area contributed by atoms with Crippen LogP contribution in [0.25, 0.3) is 5.69 Å². The van der Waals surface area contributed by atoms with Gasteiger partial charge in [-0.1, -0.05) is 0 Å². The van der Waals surface area contributed by atoms with E-state index in [2.05, 4.69) is 15.5 Å². The highest BCUT2D eigenvalue weighted by atomic mass is 16.6. The molecule has 1 fully saturated rings. The predicted octanol–water partition coefficient (Wildman–Crippen LogP) is 0.621. The Labute approximate surface area is 137 Å². The van der Waals surface area contributed by atoms with Crippen LogP contribution in [0.3, 0.4) is 0 Å². The molecule has 9 heteroatoms. The molecule has 9 nitrogen and oxygen atoms in total. The molecule has 124 valence electrons. The molecular weight excluding hydrogens is 314 g/mol. The van der Waals surface area contributed by atoms with Crippen molar-refractivity contribution in [1.82, 2.24) is 20.1 Å². The number of hydrogen-bond donors (Lipinski definition) is 1. The van der Waals surface area contributed by atoms with Gasteiger partial charge in [-0.2, -0.15) is 0 Å². The summed E-state index contributed by atoms with van der Waals surface area (Å²) in [5.41, 5.74) is 1.51. The molecule has 1 saturated heterocycles. The number of benzene rings is 1. The second-order valence-electron chi connectivity index (χ2n) is 5.61. The predicted molar refractivity (Wildman–Crippen MR) is 82.0 cm³/mol. The zero-order valence-corrected chi connectivity index (χ0v) is 12.9. The van der Waals surface area contributed by atoms with Gasteiger partial charge in [0.2, 0.25) is 5.91 Å². The smallest absolute Gasteiger partial charge is 0.414 e. The van der Waals surface area contributed by atoms with E-state index in [4.69, 9.17) is 9.47 Å². The first-order chi connectivity index (χ1) is 11.6. The standard InChI is InChI=1S/C15H15N5O4/c1-9(21)16-5-11-6-19(15(22)24-11)10-2-3-12-13(4-10)23-7-14-18-17-8-20(12)14/h2-4,8,11H,5-7H2,1H3,(H,16,21)/t11-/m0/s1. The first kappa shape index (κ1) is 14.5. The molecular formula is C15H15N5O4. The van der Waals surface area contributed by atoms with Crippen molar-refractivity contribution in [3.63, 3.8) is 0 Å². The van der Waals surface area contributed by atoms with Gasteiger partial charge in [0, 0.05) is 13.0 Å². The van der Waals surface area contributed by atoms with Crippen molar-refractivity contribution in [1.29, 1.82) is 0 Å². The number of fused-ring (bicyclic) bond motifs is 3. The number of aromatic nitrogens is 3. The van der Waals surface area contributed by atoms with Crippen LogP contribution in [0.2, 0.25) is 0 Å². The molecule has 3 heterocycles. The fourth-order valence-electron chi connectivity index (χ4n) is 2.78. The number of hydrogen-bond acceptors (Lipinski definition) is 6. The molecule has 24 heavy (non-hydrogen) atoms. The second kappa shape index (κ2) is 5.52. The Morgan fingerprint density at radius 1 is 1.46 bits per heavy atom. The molecule has 0 unspecified atom stereocenters. The maximum Gasteiger partial charge on any atom is 0.414 e. The molecule has 0 radical (unpaired) electrons. The monoisotopic (exact) mass is 329 g/mol. The molecule has 2 aliphatic rings. The van der Waals surface area contributed by atoms with Gasteiger partial charge in [0.1, 0.15) is 24.8 Å². The number of nitrogens with one attached hydrogen (secondary N) is 1. The fourth-order valence-corrected chi connectivity index (χ4v) is 2.78. The zero-order valence-electron chi connectivity index (χ0n) is 12.9. The lowest BCUT2D eigenvalue weighted by Crippen LogP contribution is -2.33. The van der Waals surface area contributed by atoms with Gasteiger partial charge in [-0.15, -0.1) is 10.2 Å². The van der Waals surface area contributed by atoms with Crippen molar-refractivity contribution >= 4 is 17.7 Å². The van der Waals surface area contributed by atoms with E-state index in [0.717, 1.165) is 11.5 Å². The molecule has 2 aromatic rings. The molecule has 2 amide bonds. The number of nitrogens with zero attached hydrogens (tertiary/aromatic N) is 4. The van der Waals surface area contributed by atoms with Gasteiger partial charge in [0.05, 0.1) is 24.5 Å². The minimum absolute atomic E-state index is 0.156. The van der Waals surface area contributed by atoms with E-state index in [0.29, 0.717) is 31.1 Å². The largest absolute Gasteiger partial charge is 0.483 e. The minimum Gasteiger partial charge on any atom is -0.483 e. The highest BCUT2D eigenvalue weighted by Gasteiger charge is 2.33. The number of rotatable bonds is 3. The number of carbonyl (C=O) groups is 2. The summed E-state index contributed by atoms with van der Waals surface area (Å²) in [7, 11) is 0. The number of cyclic esters (lactones) is 1. The topological polar surface area (TPSA) is 98.6 Å². The summed E-state index contributed by atoms with van der Waals surface area (Å²) >= 11 is 0. The summed E-state index contributed by atoms with van der Waals surface area (Å²) in [5.74, 6) is 1.22. The van der Waals surface area contributed by atoms with E-state index in [1.54, 1.807) is 12.4 Å². The highest BCUT2D eigenvalue weighted by Crippen LogP contribution is 2.34. The van der Waals surface area contributed by atoms with Crippen molar-refractivity contribution < 1.29 is 19.1 Å². The van der Waals surface area contributed by atoms with Gasteiger partial charge < -0.3 is 14.8 Å². The van der Waals surface area contributed by atoms with Crippen LogP contribution in [-0.4, -0.2) is 46.0 Å². The maximum absolute atomic E-state index is 12.1. The van der Waals surface area contributed by atoms with Crippen LogP contribution in [0.15, 0.2) is 24.5 Å². The third-order valence-corrected chi connectivity index (χ3v) is 3.94. The third-order valence-electron chi connectivity index (χ3n) is 3.94. The fraction of sp³-hybridized carbons (Fsp3) is 0.333. The quantitative estimate of drug-likeness (QED) is 0.886. The lowest BCUT2D eigenvalue weighted by atomic mass is 10.2. The van der Waals surface area contributed by atoms with Crippen LogP contribution in [0.5, 0.6) is 5.75 Å². The van der Waals surface area contributed by atoms with Crippen molar-refractivity contribution in [2.45, 2.75) is 19.6 Å². The van der Waals surface area contributed by atoms with Crippen molar-refractivity contribution in [3.8, 4) is 11.4 Å². The zero-order chi connectivity index (χ0) is 16.7. The third kappa shape index (κ3) is 2.43. The van der Waals surface area contributed by atoms with Crippen molar-refractivity contribution in [3.05, 3.63) is 30.4 Å². The SMILES string of the molecule is CC(=O)NC[C@H]1CN(c2ccc3c(c2)OCc2nncn2-3)C(=O)O1. The van der Waals surface area contributed by atoms with Crippen molar-refractivity contribution in [2.24, 2.45) is 0 Å². The number of amides is 2. The van der Waals surface area contributed by atoms with Crippen LogP contribution in [0.1, 0.15) is 12.7 Å². The molecule has 0 aliphatic carbocycles. The second-order valence-corrected chi connectivity index (χ2v) is 5.61. The lowest BCUT2D eigenvalue weighted by molar-refractivity contribution is -0.119. The Kier molecular flexibility index (Phi) is 3.33. The van der Waals surface area contributed by atoms with Crippen LogP contribution in [0.4, 0.5) is 10.5 Å². The first-order valence-electron chi connectivity index (χ1n) is 7.50. The Morgan fingerprint density at radius 2 is 2.33 bits per heavy atom. The molecule has 0 saturated carbocycles. The van der Waals surface area contributed by atoms with E-state index in [1.807, 2.05) is 16.7 Å². The molecule has 1 aromatic heterocycles. The lowest BCUT2D eigenvalue weighted by Gasteiger charge is -2.21. The van der Waals surface area contributed by atoms with Crippen LogP contribution in [0, 0.1) is 0 Å². The van der Waals surface area contributed by atoms with Crippen LogP contribution < -0.4 is 15.0 Å². The Morgan fingerprint density at radius 3 is 3.17 bits per heavy atom. The van der Waals surface area contributed by atoms with Crippen molar-refractivity contribution in [2.75, 3.05) is 18.0 Å². The molecule has 0 bridgehead atoms. The van der Waals surface area contributed by atoms with Crippen LogP contribution >= 0.6 is 0 Å². The molecule has 2 aliphatic heterocycles. The van der Waals surface area contributed by atoms with Gasteiger partial charge in [-0.3, -0.25) is 14.3 Å². The average Bonchev–Trinajstić information content (AvgIpc) is 3.18. The summed E-state index contributed by atoms with van der Waals surface area (Å²) in [4.78, 5) is 24.6. The van der Waals surface area contributed by atoms with E-state index >= 15 is 0 Å². The summed E-state index contributed by atoms with van der Waals surface area (Å²) in [5, 5.41) is 10.5. The minimum atomic E-state index is -0.439. The number of anilines is 1. The summed E-state index contributed by atoms with van der Waals surface area (Å²) < 4.78 is 12.8.